The zero-order valence-corrected chi connectivity index (χ0v) is 26.7. The molecule has 3 aromatic carbocycles. The number of aromatic nitrogens is 2. The first-order valence-electron chi connectivity index (χ1n) is 13.5. The molecule has 0 aliphatic heterocycles. The van der Waals surface area contributed by atoms with E-state index < -0.39 is 0 Å². The number of nitrogens with zero attached hydrogens (tertiary/aromatic N) is 2. The maximum absolute atomic E-state index is 4.51. The van der Waals surface area contributed by atoms with Crippen molar-refractivity contribution in [3.05, 3.63) is 70.2 Å². The predicted molar refractivity (Wildman–Crippen MR) is 171 cm³/mol. The van der Waals surface area contributed by atoms with Crippen molar-refractivity contribution in [1.29, 1.82) is 0 Å². The van der Waals surface area contributed by atoms with Gasteiger partial charge in [-0.3, -0.25) is 0 Å². The summed E-state index contributed by atoms with van der Waals surface area (Å²) in [6.45, 7) is 0. The van der Waals surface area contributed by atoms with Crippen LogP contribution in [0.4, 0.5) is 0 Å². The van der Waals surface area contributed by atoms with Crippen molar-refractivity contribution in [3.8, 4) is 22.3 Å². The van der Waals surface area contributed by atoms with Gasteiger partial charge in [0, 0.05) is 26.1 Å². The number of hydrogen-bond donors (Lipinski definition) is 0. The van der Waals surface area contributed by atoms with Crippen molar-refractivity contribution < 1.29 is 0 Å². The van der Waals surface area contributed by atoms with Crippen molar-refractivity contribution in [2.75, 3.05) is 10.7 Å². The highest BCUT2D eigenvalue weighted by atomic mass is 79.9. The molecule has 0 spiro atoms. The lowest BCUT2D eigenvalue weighted by molar-refractivity contribution is 0.401. The molecule has 0 saturated carbocycles. The molecule has 0 amide bonds. The van der Waals surface area contributed by atoms with Crippen LogP contribution in [0.15, 0.2) is 59.1 Å². The van der Waals surface area contributed by atoms with Gasteiger partial charge in [-0.15, -0.1) is 5.10 Å². The molecule has 1 aliphatic carbocycles. The third-order valence-electron chi connectivity index (χ3n) is 7.91. The minimum absolute atomic E-state index is 0.0829. The van der Waals surface area contributed by atoms with Crippen LogP contribution < -0.4 is 0 Å². The van der Waals surface area contributed by atoms with E-state index in [2.05, 4.69) is 112 Å². The predicted octanol–water partition coefficient (Wildman–Crippen LogP) is 11.1. The van der Waals surface area contributed by atoms with Gasteiger partial charge >= 0.3 is 0 Å². The lowest BCUT2D eigenvalue weighted by Crippen LogP contribution is -2.25. The summed E-state index contributed by atoms with van der Waals surface area (Å²) in [5.74, 6) is 0. The molecule has 5 rings (SSSR count). The molecule has 0 unspecified atom stereocenters. The van der Waals surface area contributed by atoms with Crippen LogP contribution in [0.1, 0.15) is 75.3 Å². The Labute approximate surface area is 250 Å². The summed E-state index contributed by atoms with van der Waals surface area (Å²) in [4.78, 5) is 0. The maximum atomic E-state index is 4.51. The van der Waals surface area contributed by atoms with Gasteiger partial charge in [0.25, 0.3) is 0 Å². The molecule has 6 heteroatoms. The van der Waals surface area contributed by atoms with Crippen LogP contribution in [0.3, 0.4) is 0 Å². The molecule has 1 aromatic heterocycles. The van der Waals surface area contributed by atoms with E-state index in [-0.39, 0.29) is 5.41 Å². The van der Waals surface area contributed by atoms with Gasteiger partial charge in [-0.1, -0.05) is 117 Å². The van der Waals surface area contributed by atoms with E-state index in [0.29, 0.717) is 0 Å². The molecule has 0 bridgehead atoms. The van der Waals surface area contributed by atoms with Gasteiger partial charge in [-0.2, -0.15) is 0 Å². The fourth-order valence-electron chi connectivity index (χ4n) is 6.10. The minimum atomic E-state index is 0.0829. The number of halogens is 3. The molecule has 1 heterocycles. The largest absolute Gasteiger partial charge is 0.137 e. The van der Waals surface area contributed by atoms with Gasteiger partial charge in [0.15, 0.2) is 0 Å². The Balaban J connectivity index is 1.57. The number of rotatable bonds is 13. The van der Waals surface area contributed by atoms with Gasteiger partial charge < -0.3 is 0 Å². The van der Waals surface area contributed by atoms with Crippen molar-refractivity contribution in [3.63, 3.8) is 0 Å². The molecule has 0 N–H and O–H groups in total. The number of fused-ring (bicyclic) bond motifs is 4. The van der Waals surface area contributed by atoms with Crippen molar-refractivity contribution in [2.45, 2.75) is 69.6 Å². The average molecular weight is 705 g/mol. The summed E-state index contributed by atoms with van der Waals surface area (Å²) in [5.41, 5.74) is 9.41. The van der Waals surface area contributed by atoms with Gasteiger partial charge in [0.2, 0.25) is 0 Å². The molecule has 2 nitrogen and oxygen atoms in total. The van der Waals surface area contributed by atoms with E-state index >= 15 is 0 Å². The highest BCUT2D eigenvalue weighted by Crippen LogP contribution is 2.55. The monoisotopic (exact) mass is 702 g/mol. The highest BCUT2D eigenvalue weighted by Gasteiger charge is 2.42. The zero-order valence-electron chi connectivity index (χ0n) is 21.1. The summed E-state index contributed by atoms with van der Waals surface area (Å²) in [7, 11) is 0. The fraction of sp³-hybridized carbons (Fsp3) is 0.419. The highest BCUT2D eigenvalue weighted by molar-refractivity contribution is 9.10. The first kappa shape index (κ1) is 27.5. The normalized spacial score (nSPS) is 13.7. The Hall–Kier alpha value is -1.08. The van der Waals surface area contributed by atoms with Gasteiger partial charge in [0.05, 0.1) is 4.70 Å². The lowest BCUT2D eigenvalue weighted by Gasteiger charge is -2.33. The second-order valence-corrected chi connectivity index (χ2v) is 13.3. The van der Waals surface area contributed by atoms with Crippen molar-refractivity contribution in [1.82, 2.24) is 9.59 Å². The summed E-state index contributed by atoms with van der Waals surface area (Å²) < 4.78 is 6.45. The Morgan fingerprint density at radius 1 is 0.676 bits per heavy atom. The fourth-order valence-corrected chi connectivity index (χ4v) is 8.03. The topological polar surface area (TPSA) is 25.8 Å². The first-order valence-corrected chi connectivity index (χ1v) is 17.3. The number of unbranched alkanes of at least 4 members (excludes halogenated alkanes) is 6. The molecule has 0 fully saturated rings. The average Bonchev–Trinajstić information content (AvgIpc) is 3.52. The van der Waals surface area contributed by atoms with Crippen LogP contribution in [0.5, 0.6) is 0 Å². The van der Waals surface area contributed by atoms with E-state index in [4.69, 9.17) is 0 Å². The Kier molecular flexibility index (Phi) is 9.54. The second kappa shape index (κ2) is 12.8. The Morgan fingerprint density at radius 3 is 2.05 bits per heavy atom. The van der Waals surface area contributed by atoms with E-state index in [1.165, 1.54) is 104 Å². The maximum Gasteiger partial charge on any atom is 0.114 e. The molecule has 194 valence electrons. The number of hydrogen-bond acceptors (Lipinski definition) is 3. The van der Waals surface area contributed by atoms with Gasteiger partial charge in [-0.25, -0.2) is 0 Å². The Morgan fingerprint density at radius 2 is 1.32 bits per heavy atom. The van der Waals surface area contributed by atoms with Gasteiger partial charge in [0.1, 0.15) is 5.52 Å². The van der Waals surface area contributed by atoms with Crippen LogP contribution >= 0.6 is 59.3 Å². The molecular formula is C31H33Br3N2S. The van der Waals surface area contributed by atoms with Crippen molar-refractivity contribution >= 4 is 69.5 Å². The molecule has 0 radical (unpaired) electrons. The number of alkyl halides is 2. The Bertz CT molecular complexity index is 1340. The van der Waals surface area contributed by atoms with Crippen LogP contribution in [-0.4, -0.2) is 20.2 Å². The van der Waals surface area contributed by atoms with Crippen LogP contribution in [0.2, 0.25) is 0 Å². The third kappa shape index (κ3) is 5.64. The summed E-state index contributed by atoms with van der Waals surface area (Å²) in [6, 6.07) is 20.7. The SMILES string of the molecule is BrCCCCCCC1(CCCCCCBr)c2ccccc2-c2ccc(-c3ccc(Br)c4snnc34)cc21. The second-order valence-electron chi connectivity index (χ2n) is 10.1. The molecule has 0 atom stereocenters. The molecule has 1 aliphatic rings. The summed E-state index contributed by atoms with van der Waals surface area (Å²) in [5, 5.41) is 6.72. The molecule has 4 aromatic rings. The minimum Gasteiger partial charge on any atom is -0.137 e. The molecule has 0 saturated heterocycles. The van der Waals surface area contributed by atoms with Gasteiger partial charge in [-0.05, 0) is 93.1 Å². The van der Waals surface area contributed by atoms with E-state index in [1.54, 1.807) is 5.56 Å². The summed E-state index contributed by atoms with van der Waals surface area (Å²) in [6.07, 6.45) is 12.7. The van der Waals surface area contributed by atoms with Crippen LogP contribution in [0.25, 0.3) is 32.5 Å². The van der Waals surface area contributed by atoms with Crippen LogP contribution in [0, 0.1) is 0 Å². The summed E-state index contributed by atoms with van der Waals surface area (Å²) >= 11 is 12.4. The molecule has 37 heavy (non-hydrogen) atoms. The van der Waals surface area contributed by atoms with Crippen molar-refractivity contribution in [2.24, 2.45) is 0 Å². The standard InChI is InChI=1S/C31H33Br3N2S/c32-19-9-3-1-7-17-31(18-8-2-4-10-20-33)26-12-6-5-11-24(26)25-14-13-22(21-27(25)31)23-15-16-28(34)30-29(23)35-36-37-30/h5-6,11-16,21H,1-4,7-10,17-20H2. The number of benzene rings is 3. The quantitative estimate of drug-likeness (QED) is 0.102. The molecular weight excluding hydrogens is 672 g/mol. The first-order chi connectivity index (χ1) is 18.2. The van der Waals surface area contributed by atoms with E-state index in [1.807, 2.05) is 0 Å². The van der Waals surface area contributed by atoms with E-state index in [0.717, 1.165) is 25.3 Å². The lowest BCUT2D eigenvalue weighted by atomic mass is 9.70. The van der Waals surface area contributed by atoms with Crippen LogP contribution in [-0.2, 0) is 5.41 Å². The third-order valence-corrected chi connectivity index (χ3v) is 10.7. The zero-order chi connectivity index (χ0) is 25.7. The smallest absolute Gasteiger partial charge is 0.114 e. The van der Waals surface area contributed by atoms with E-state index in [9.17, 15) is 0 Å².